The third kappa shape index (κ3) is 3.13. The summed E-state index contributed by atoms with van der Waals surface area (Å²) in [6.45, 7) is 2.95. The van der Waals surface area contributed by atoms with Gasteiger partial charge >= 0.3 is 6.18 Å². The van der Waals surface area contributed by atoms with Crippen LogP contribution in [0.1, 0.15) is 23.6 Å². The van der Waals surface area contributed by atoms with Crippen LogP contribution in [0.3, 0.4) is 0 Å². The van der Waals surface area contributed by atoms with Gasteiger partial charge in [0.2, 0.25) is 0 Å². The predicted molar refractivity (Wildman–Crippen MR) is 80.5 cm³/mol. The van der Waals surface area contributed by atoms with E-state index in [1.165, 1.54) is 18.6 Å². The maximum absolute atomic E-state index is 15.2. The summed E-state index contributed by atoms with van der Waals surface area (Å²) in [5, 5.41) is 5.45. The quantitative estimate of drug-likeness (QED) is 0.813. The normalized spacial score (nSPS) is 23.5. The molecule has 2 nitrogen and oxygen atoms in total. The first kappa shape index (κ1) is 16.1. The first-order valence-corrected chi connectivity index (χ1v) is 7.52. The summed E-state index contributed by atoms with van der Waals surface area (Å²) in [6.07, 6.45) is -0.200. The maximum atomic E-state index is 15.2. The zero-order valence-corrected chi connectivity index (χ0v) is 12.7. The highest BCUT2D eigenvalue weighted by molar-refractivity contribution is 5.44. The van der Waals surface area contributed by atoms with Crippen LogP contribution in [0.5, 0.6) is 0 Å². The fourth-order valence-corrected chi connectivity index (χ4v) is 2.92. The van der Waals surface area contributed by atoms with Crippen LogP contribution < -0.4 is 10.6 Å². The van der Waals surface area contributed by atoms with Crippen LogP contribution in [-0.2, 0) is 18.6 Å². The summed E-state index contributed by atoms with van der Waals surface area (Å²) in [5.74, 6) is 0. The van der Waals surface area contributed by atoms with E-state index in [1.807, 2.05) is 6.07 Å². The van der Waals surface area contributed by atoms with E-state index in [2.05, 4.69) is 10.6 Å². The summed E-state index contributed by atoms with van der Waals surface area (Å²) < 4.78 is 53.1. The fourth-order valence-electron chi connectivity index (χ4n) is 2.92. The predicted octanol–water partition coefficient (Wildman–Crippen LogP) is 3.49. The van der Waals surface area contributed by atoms with Gasteiger partial charge in [0.1, 0.15) is 6.04 Å². The molecule has 1 aromatic rings. The molecule has 0 amide bonds. The minimum atomic E-state index is -4.39. The van der Waals surface area contributed by atoms with Gasteiger partial charge in [0.05, 0.1) is 0 Å². The van der Waals surface area contributed by atoms with Gasteiger partial charge in [0.15, 0.2) is 5.67 Å². The molecule has 124 valence electrons. The number of alkyl halides is 4. The van der Waals surface area contributed by atoms with Crippen molar-refractivity contribution in [2.24, 2.45) is 0 Å². The molecule has 2 aliphatic rings. The molecule has 0 fully saturated rings. The molecule has 3 rings (SSSR count). The van der Waals surface area contributed by atoms with E-state index < -0.39 is 17.9 Å². The lowest BCUT2D eigenvalue weighted by atomic mass is 9.86. The highest BCUT2D eigenvalue weighted by Crippen LogP contribution is 2.37. The Morgan fingerprint density at radius 2 is 1.91 bits per heavy atom. The van der Waals surface area contributed by atoms with Crippen molar-refractivity contribution in [3.63, 3.8) is 0 Å². The molecule has 0 saturated heterocycles. The maximum Gasteiger partial charge on any atom is 0.412 e. The zero-order chi connectivity index (χ0) is 16.7. The van der Waals surface area contributed by atoms with Crippen LogP contribution in [0.2, 0.25) is 0 Å². The number of hydrogen-bond donors (Lipinski definition) is 2. The average molecular weight is 326 g/mol. The van der Waals surface area contributed by atoms with Crippen LogP contribution in [0.15, 0.2) is 42.1 Å². The minimum Gasteiger partial charge on any atom is -0.377 e. The van der Waals surface area contributed by atoms with Gasteiger partial charge in [-0.25, -0.2) is 4.39 Å². The molecular formula is C17H18F4N2. The third-order valence-corrected chi connectivity index (χ3v) is 4.42. The van der Waals surface area contributed by atoms with E-state index in [9.17, 15) is 13.2 Å². The van der Waals surface area contributed by atoms with Crippen molar-refractivity contribution in [1.82, 2.24) is 10.6 Å². The van der Waals surface area contributed by atoms with Crippen molar-refractivity contribution in [3.05, 3.63) is 58.8 Å². The number of fused-ring (bicyclic) bond motifs is 1. The number of allylic oxidation sites excluding steroid dienone is 2. The van der Waals surface area contributed by atoms with Gasteiger partial charge < -0.3 is 10.6 Å². The molecule has 6 heteroatoms. The minimum absolute atomic E-state index is 0.182. The molecule has 0 aliphatic carbocycles. The molecule has 2 unspecified atom stereocenters. The Hall–Kier alpha value is -1.82. The second kappa shape index (κ2) is 5.67. The highest BCUT2D eigenvalue weighted by atomic mass is 19.4. The van der Waals surface area contributed by atoms with Crippen molar-refractivity contribution in [1.29, 1.82) is 0 Å². The first-order chi connectivity index (χ1) is 10.8. The number of rotatable bonds is 2. The molecule has 0 spiro atoms. The van der Waals surface area contributed by atoms with E-state index in [0.717, 1.165) is 30.8 Å². The summed E-state index contributed by atoms with van der Waals surface area (Å²) >= 11 is 0. The van der Waals surface area contributed by atoms with Gasteiger partial charge in [-0.2, -0.15) is 13.2 Å². The van der Waals surface area contributed by atoms with Crippen molar-refractivity contribution >= 4 is 0 Å². The Morgan fingerprint density at radius 3 is 2.57 bits per heavy atom. The molecule has 0 aromatic heterocycles. The van der Waals surface area contributed by atoms with E-state index >= 15 is 4.39 Å². The number of halogens is 4. The van der Waals surface area contributed by atoms with E-state index in [4.69, 9.17) is 0 Å². The molecule has 2 atom stereocenters. The van der Waals surface area contributed by atoms with Crippen LogP contribution in [0, 0.1) is 0 Å². The summed E-state index contributed by atoms with van der Waals surface area (Å²) in [5.41, 5.74) is 1.00. The standard InChI is InChI=1S/C17H18F4N2/c1-16(18,14-4-5-15(23-10-14)17(19,20)21)13-3-2-11-6-7-22-9-12(11)8-13/h2-5,8,10,15,22-23H,6-7,9H2,1H3. The lowest BCUT2D eigenvalue weighted by molar-refractivity contribution is -0.142. The van der Waals surface area contributed by atoms with Gasteiger partial charge in [-0.1, -0.05) is 30.4 Å². The van der Waals surface area contributed by atoms with E-state index in [1.54, 1.807) is 12.1 Å². The van der Waals surface area contributed by atoms with Crippen LogP contribution in [0.4, 0.5) is 17.6 Å². The molecule has 1 aromatic carbocycles. The Labute approximate surface area is 132 Å². The van der Waals surface area contributed by atoms with Crippen molar-refractivity contribution in [2.75, 3.05) is 6.54 Å². The lowest BCUT2D eigenvalue weighted by Gasteiger charge is -2.29. The molecule has 0 radical (unpaired) electrons. The van der Waals surface area contributed by atoms with E-state index in [0.29, 0.717) is 12.1 Å². The SMILES string of the molecule is CC(F)(C1=CNC(C(F)(F)F)C=C1)c1ccc2c(c1)CNCC2. The Balaban J connectivity index is 1.85. The smallest absolute Gasteiger partial charge is 0.377 e. The first-order valence-electron chi connectivity index (χ1n) is 7.52. The number of dihydropyridines is 1. The lowest BCUT2D eigenvalue weighted by Crippen LogP contribution is -2.40. The van der Waals surface area contributed by atoms with E-state index in [-0.39, 0.29) is 5.57 Å². The van der Waals surface area contributed by atoms with Gasteiger partial charge in [-0.15, -0.1) is 0 Å². The third-order valence-electron chi connectivity index (χ3n) is 4.42. The monoisotopic (exact) mass is 326 g/mol. The molecule has 0 saturated carbocycles. The van der Waals surface area contributed by atoms with Gasteiger partial charge in [0.25, 0.3) is 0 Å². The molecule has 0 bridgehead atoms. The second-order valence-corrected chi connectivity index (χ2v) is 6.06. The summed E-state index contributed by atoms with van der Waals surface area (Å²) in [6, 6.07) is 3.65. The summed E-state index contributed by atoms with van der Waals surface area (Å²) in [4.78, 5) is 0. The Bertz CT molecular complexity index is 659. The van der Waals surface area contributed by atoms with Gasteiger partial charge in [-0.05, 0) is 36.6 Å². The number of nitrogens with one attached hydrogen (secondary N) is 2. The van der Waals surface area contributed by atoms with Gasteiger partial charge in [0, 0.05) is 18.3 Å². The number of benzene rings is 1. The van der Waals surface area contributed by atoms with Crippen molar-refractivity contribution < 1.29 is 17.6 Å². The number of hydrogen-bond acceptors (Lipinski definition) is 2. The van der Waals surface area contributed by atoms with Crippen LogP contribution in [0.25, 0.3) is 0 Å². The van der Waals surface area contributed by atoms with Crippen LogP contribution in [-0.4, -0.2) is 18.8 Å². The van der Waals surface area contributed by atoms with Crippen molar-refractivity contribution in [2.45, 2.75) is 37.8 Å². The van der Waals surface area contributed by atoms with Crippen molar-refractivity contribution in [3.8, 4) is 0 Å². The highest BCUT2D eigenvalue weighted by Gasteiger charge is 2.40. The summed E-state index contributed by atoms with van der Waals surface area (Å²) in [7, 11) is 0. The van der Waals surface area contributed by atoms with Gasteiger partial charge in [-0.3, -0.25) is 0 Å². The second-order valence-electron chi connectivity index (χ2n) is 6.06. The largest absolute Gasteiger partial charge is 0.412 e. The molecule has 2 heterocycles. The molecule has 23 heavy (non-hydrogen) atoms. The Morgan fingerprint density at radius 1 is 1.13 bits per heavy atom. The zero-order valence-electron chi connectivity index (χ0n) is 12.7. The Kier molecular flexibility index (Phi) is 3.96. The molecular weight excluding hydrogens is 308 g/mol. The topological polar surface area (TPSA) is 24.1 Å². The molecule has 2 N–H and O–H groups in total. The average Bonchev–Trinajstić information content (AvgIpc) is 2.53. The van der Waals surface area contributed by atoms with Crippen LogP contribution >= 0.6 is 0 Å². The molecule has 2 aliphatic heterocycles. The fraction of sp³-hybridized carbons (Fsp3) is 0.412.